The lowest BCUT2D eigenvalue weighted by atomic mass is 10.1. The second kappa shape index (κ2) is 5.29. The van der Waals surface area contributed by atoms with E-state index in [1.807, 2.05) is 6.92 Å². The number of carbonyl (C=O) groups is 2. The van der Waals surface area contributed by atoms with Gasteiger partial charge in [0.15, 0.2) is 0 Å². The summed E-state index contributed by atoms with van der Waals surface area (Å²) in [5.74, 6) is -1.14. The van der Waals surface area contributed by atoms with E-state index in [9.17, 15) is 9.59 Å². The molecule has 1 aromatic heterocycles. The van der Waals surface area contributed by atoms with Crippen molar-refractivity contribution < 1.29 is 19.2 Å². The van der Waals surface area contributed by atoms with Gasteiger partial charge in [0.2, 0.25) is 0 Å². The molecule has 1 amide bonds. The van der Waals surface area contributed by atoms with E-state index in [0.717, 1.165) is 0 Å². The summed E-state index contributed by atoms with van der Waals surface area (Å²) in [4.78, 5) is 22.5. The van der Waals surface area contributed by atoms with Crippen molar-refractivity contribution in [2.45, 2.75) is 32.7 Å². The molecule has 0 saturated carbocycles. The smallest absolute Gasteiger partial charge is 0.326 e. The Bertz CT molecular complexity index is 386. The highest BCUT2D eigenvalue weighted by Crippen LogP contribution is 2.07. The van der Waals surface area contributed by atoms with Crippen LogP contribution in [0.2, 0.25) is 0 Å². The van der Waals surface area contributed by atoms with E-state index < -0.39 is 17.9 Å². The number of nitrogens with one attached hydrogen (secondary N) is 1. The summed E-state index contributed by atoms with van der Waals surface area (Å²) in [7, 11) is 0. The van der Waals surface area contributed by atoms with Crippen LogP contribution in [0.5, 0.6) is 0 Å². The average Bonchev–Trinajstić information content (AvgIpc) is 2.63. The maximum absolute atomic E-state index is 11.6. The van der Waals surface area contributed by atoms with E-state index in [2.05, 4.69) is 10.5 Å². The predicted molar refractivity (Wildman–Crippen MR) is 55.0 cm³/mol. The van der Waals surface area contributed by atoms with Gasteiger partial charge in [0, 0.05) is 0 Å². The van der Waals surface area contributed by atoms with Crippen LogP contribution in [0.1, 0.15) is 35.9 Å². The lowest BCUT2D eigenvalue weighted by molar-refractivity contribution is -0.139. The Morgan fingerprint density at radius 3 is 2.75 bits per heavy atom. The number of aryl methyl sites for hydroxylation is 1. The number of carboxylic acid groups (broad SMARTS) is 1. The molecule has 0 aromatic carbocycles. The summed E-state index contributed by atoms with van der Waals surface area (Å²) < 4.78 is 4.73. The highest BCUT2D eigenvalue weighted by Gasteiger charge is 2.21. The highest BCUT2D eigenvalue weighted by molar-refractivity contribution is 5.97. The minimum absolute atomic E-state index is 0.266. The van der Waals surface area contributed by atoms with Gasteiger partial charge in [0.05, 0.1) is 6.20 Å². The van der Waals surface area contributed by atoms with Crippen molar-refractivity contribution in [2.24, 2.45) is 0 Å². The van der Waals surface area contributed by atoms with E-state index >= 15 is 0 Å². The number of carbonyl (C=O) groups excluding carboxylic acids is 1. The summed E-state index contributed by atoms with van der Waals surface area (Å²) in [5, 5.41) is 14.7. The fourth-order valence-electron chi connectivity index (χ4n) is 1.30. The van der Waals surface area contributed by atoms with Crippen LogP contribution in [-0.4, -0.2) is 28.2 Å². The summed E-state index contributed by atoms with van der Waals surface area (Å²) in [5.41, 5.74) is 0.266. The third-order valence-electron chi connectivity index (χ3n) is 2.18. The maximum Gasteiger partial charge on any atom is 0.326 e. The van der Waals surface area contributed by atoms with Crippen molar-refractivity contribution in [1.29, 1.82) is 0 Å². The molecule has 1 atom stereocenters. The van der Waals surface area contributed by atoms with Gasteiger partial charge in [-0.1, -0.05) is 18.5 Å². The molecule has 1 rings (SSSR count). The number of hydrogen-bond acceptors (Lipinski definition) is 4. The molecule has 0 aliphatic carbocycles. The molecule has 0 aliphatic rings. The van der Waals surface area contributed by atoms with Gasteiger partial charge < -0.3 is 14.9 Å². The quantitative estimate of drug-likeness (QED) is 0.780. The lowest BCUT2D eigenvalue weighted by Crippen LogP contribution is -2.40. The van der Waals surface area contributed by atoms with Crippen LogP contribution < -0.4 is 5.32 Å². The summed E-state index contributed by atoms with van der Waals surface area (Å²) in [6.07, 6.45) is 2.35. The number of nitrogens with zero attached hydrogens (tertiary/aromatic N) is 1. The van der Waals surface area contributed by atoms with Crippen molar-refractivity contribution in [2.75, 3.05) is 0 Å². The molecule has 88 valence electrons. The second-order valence-electron chi connectivity index (χ2n) is 3.45. The van der Waals surface area contributed by atoms with Crippen molar-refractivity contribution in [3.8, 4) is 0 Å². The number of amides is 1. The van der Waals surface area contributed by atoms with Crippen LogP contribution in [0.3, 0.4) is 0 Å². The van der Waals surface area contributed by atoms with Crippen LogP contribution in [0, 0.1) is 6.92 Å². The monoisotopic (exact) mass is 226 g/mol. The number of aromatic nitrogens is 1. The molecule has 0 radical (unpaired) electrons. The van der Waals surface area contributed by atoms with E-state index in [1.165, 1.54) is 6.20 Å². The zero-order valence-corrected chi connectivity index (χ0v) is 9.19. The fraction of sp³-hybridized carbons (Fsp3) is 0.500. The van der Waals surface area contributed by atoms with Gasteiger partial charge in [-0.05, 0) is 13.3 Å². The third-order valence-corrected chi connectivity index (χ3v) is 2.18. The second-order valence-corrected chi connectivity index (χ2v) is 3.45. The normalized spacial score (nSPS) is 12.1. The first kappa shape index (κ1) is 12.2. The van der Waals surface area contributed by atoms with E-state index in [1.54, 1.807) is 6.92 Å². The van der Waals surface area contributed by atoms with Gasteiger partial charge in [0.1, 0.15) is 17.4 Å². The molecule has 0 spiro atoms. The summed E-state index contributed by atoms with van der Waals surface area (Å²) in [6, 6.07) is -0.869. The molecule has 0 fully saturated rings. The van der Waals surface area contributed by atoms with Gasteiger partial charge in [-0.3, -0.25) is 4.79 Å². The summed E-state index contributed by atoms with van der Waals surface area (Å²) >= 11 is 0. The van der Waals surface area contributed by atoms with Crippen molar-refractivity contribution >= 4 is 11.9 Å². The Morgan fingerprint density at radius 1 is 1.62 bits per heavy atom. The van der Waals surface area contributed by atoms with Gasteiger partial charge in [-0.25, -0.2) is 4.79 Å². The zero-order chi connectivity index (χ0) is 12.1. The largest absolute Gasteiger partial charge is 0.480 e. The molecule has 1 aromatic rings. The number of hydrogen-bond donors (Lipinski definition) is 2. The molecule has 0 aliphatic heterocycles. The van der Waals surface area contributed by atoms with E-state index in [4.69, 9.17) is 9.63 Å². The van der Waals surface area contributed by atoms with Crippen LogP contribution in [-0.2, 0) is 4.79 Å². The lowest BCUT2D eigenvalue weighted by Gasteiger charge is -2.12. The van der Waals surface area contributed by atoms with Crippen LogP contribution in [0.25, 0.3) is 0 Å². The first-order valence-corrected chi connectivity index (χ1v) is 5.01. The van der Waals surface area contributed by atoms with Gasteiger partial charge >= 0.3 is 5.97 Å². The topological polar surface area (TPSA) is 92.4 Å². The first-order valence-electron chi connectivity index (χ1n) is 5.01. The van der Waals surface area contributed by atoms with Crippen molar-refractivity contribution in [3.63, 3.8) is 0 Å². The molecule has 0 saturated heterocycles. The van der Waals surface area contributed by atoms with E-state index in [0.29, 0.717) is 18.6 Å². The van der Waals surface area contributed by atoms with Gasteiger partial charge in [-0.2, -0.15) is 0 Å². The molecular weight excluding hydrogens is 212 g/mol. The predicted octanol–water partition coefficient (Wildman–Crippen LogP) is 0.966. The Balaban J connectivity index is 2.69. The SMILES string of the molecule is CCCC(NC(=O)c1cnoc1C)C(=O)O. The Labute approximate surface area is 92.6 Å². The number of aliphatic carboxylic acids is 1. The Morgan fingerprint density at radius 2 is 2.31 bits per heavy atom. The molecule has 1 unspecified atom stereocenters. The van der Waals surface area contributed by atoms with Gasteiger partial charge in [0.25, 0.3) is 5.91 Å². The van der Waals surface area contributed by atoms with Crippen molar-refractivity contribution in [1.82, 2.24) is 10.5 Å². The average molecular weight is 226 g/mol. The Hall–Kier alpha value is -1.85. The molecular formula is C10H14N2O4. The zero-order valence-electron chi connectivity index (χ0n) is 9.19. The number of rotatable bonds is 5. The minimum atomic E-state index is -1.04. The van der Waals surface area contributed by atoms with Crippen molar-refractivity contribution in [3.05, 3.63) is 17.5 Å². The fourth-order valence-corrected chi connectivity index (χ4v) is 1.30. The minimum Gasteiger partial charge on any atom is -0.480 e. The summed E-state index contributed by atoms with van der Waals surface area (Å²) in [6.45, 7) is 3.45. The molecule has 6 heteroatoms. The molecule has 2 N–H and O–H groups in total. The maximum atomic E-state index is 11.6. The number of carboxylic acids is 1. The first-order chi connectivity index (χ1) is 7.56. The van der Waals surface area contributed by atoms with Gasteiger partial charge in [-0.15, -0.1) is 0 Å². The van der Waals surface area contributed by atoms with Crippen LogP contribution in [0.15, 0.2) is 10.7 Å². The van der Waals surface area contributed by atoms with Crippen LogP contribution >= 0.6 is 0 Å². The third kappa shape index (κ3) is 2.82. The van der Waals surface area contributed by atoms with Crippen LogP contribution in [0.4, 0.5) is 0 Å². The molecule has 1 heterocycles. The highest BCUT2D eigenvalue weighted by atomic mass is 16.5. The molecule has 6 nitrogen and oxygen atoms in total. The van der Waals surface area contributed by atoms with E-state index in [-0.39, 0.29) is 5.56 Å². The Kier molecular flexibility index (Phi) is 4.04. The standard InChI is InChI=1S/C10H14N2O4/c1-3-4-8(10(14)15)12-9(13)7-5-11-16-6(7)2/h5,8H,3-4H2,1-2H3,(H,12,13)(H,14,15). The molecule has 0 bridgehead atoms. The molecule has 16 heavy (non-hydrogen) atoms.